The van der Waals surface area contributed by atoms with Crippen LogP contribution in [0.5, 0.6) is 0 Å². The molecule has 2 aliphatic rings. The van der Waals surface area contributed by atoms with E-state index in [1.54, 1.807) is 0 Å². The molecular weight excluding hydrogens is 300 g/mol. The second-order valence-corrected chi connectivity index (χ2v) is 7.86. The fourth-order valence-corrected chi connectivity index (χ4v) is 3.98. The van der Waals surface area contributed by atoms with E-state index < -0.39 is 5.60 Å². The van der Waals surface area contributed by atoms with Crippen molar-refractivity contribution in [2.45, 2.75) is 64.6 Å². The zero-order chi connectivity index (χ0) is 15.9. The normalized spacial score (nSPS) is 25.3. The molecule has 0 N–H and O–H groups in total. The lowest BCUT2D eigenvalue weighted by Gasteiger charge is -2.31. The summed E-state index contributed by atoms with van der Waals surface area (Å²) in [5.74, 6) is 0.818. The van der Waals surface area contributed by atoms with Crippen molar-refractivity contribution in [3.8, 4) is 0 Å². The summed E-state index contributed by atoms with van der Waals surface area (Å²) in [6.07, 6.45) is 2.91. The van der Waals surface area contributed by atoms with Gasteiger partial charge in [-0.1, -0.05) is 0 Å². The van der Waals surface area contributed by atoms with Crippen LogP contribution in [-0.2, 0) is 4.74 Å². The third-order valence-electron chi connectivity index (χ3n) is 4.17. The minimum atomic E-state index is -0.446. The van der Waals surface area contributed by atoms with E-state index in [0.717, 1.165) is 43.3 Å². The summed E-state index contributed by atoms with van der Waals surface area (Å²) in [4.78, 5) is 21.3. The Balaban J connectivity index is 1.74. The first kappa shape index (κ1) is 15.5. The van der Waals surface area contributed by atoms with Crippen LogP contribution in [0.15, 0.2) is 0 Å². The Hall–Kier alpha value is -1.37. The Labute approximate surface area is 135 Å². The second-order valence-electron chi connectivity index (χ2n) is 7.13. The average Bonchev–Trinajstić information content (AvgIpc) is 2.91. The summed E-state index contributed by atoms with van der Waals surface area (Å²) in [6.45, 7) is 9.42. The van der Waals surface area contributed by atoms with E-state index in [-0.39, 0.29) is 12.1 Å². The molecule has 122 valence electrons. The molecule has 0 spiro atoms. The van der Waals surface area contributed by atoms with Crippen LogP contribution in [0.25, 0.3) is 0 Å². The van der Waals surface area contributed by atoms with Gasteiger partial charge in [0.15, 0.2) is 0 Å². The molecule has 1 aromatic heterocycles. The largest absolute Gasteiger partial charge is 0.444 e. The molecule has 0 unspecified atom stereocenters. The van der Waals surface area contributed by atoms with E-state index in [1.807, 2.05) is 32.6 Å². The molecule has 0 aromatic carbocycles. The van der Waals surface area contributed by atoms with Gasteiger partial charge in [-0.15, -0.1) is 0 Å². The van der Waals surface area contributed by atoms with Crippen LogP contribution >= 0.6 is 11.5 Å². The first-order valence-corrected chi connectivity index (χ1v) is 8.67. The summed E-state index contributed by atoms with van der Waals surface area (Å²) in [6, 6.07) is 0.505. The quantitative estimate of drug-likeness (QED) is 0.795. The van der Waals surface area contributed by atoms with Crippen LogP contribution in [0.3, 0.4) is 0 Å². The predicted molar refractivity (Wildman–Crippen MR) is 86.4 cm³/mol. The Bertz CT molecular complexity index is 554. The summed E-state index contributed by atoms with van der Waals surface area (Å²) in [5.41, 5.74) is -0.446. The lowest BCUT2D eigenvalue weighted by atomic mass is 10.1. The van der Waals surface area contributed by atoms with E-state index >= 15 is 0 Å². The predicted octanol–water partition coefficient (Wildman–Crippen LogP) is 2.82. The number of hydrogen-bond donors (Lipinski definition) is 0. The van der Waals surface area contributed by atoms with E-state index in [4.69, 9.17) is 4.74 Å². The molecule has 22 heavy (non-hydrogen) atoms. The molecule has 1 amide bonds. The zero-order valence-corrected chi connectivity index (χ0v) is 14.5. The van der Waals surface area contributed by atoms with Gasteiger partial charge in [-0.3, -0.25) is 0 Å². The lowest BCUT2D eigenvalue weighted by molar-refractivity contribution is 0.0163. The Morgan fingerprint density at radius 2 is 2.00 bits per heavy atom. The van der Waals surface area contributed by atoms with Gasteiger partial charge < -0.3 is 14.5 Å². The number of hydrogen-bond acceptors (Lipinski definition) is 6. The van der Waals surface area contributed by atoms with Crippen molar-refractivity contribution in [2.75, 3.05) is 18.0 Å². The van der Waals surface area contributed by atoms with Crippen LogP contribution in [-0.4, -0.2) is 51.1 Å². The molecule has 2 saturated heterocycles. The van der Waals surface area contributed by atoms with Gasteiger partial charge in [-0.05, 0) is 47.0 Å². The van der Waals surface area contributed by atoms with E-state index in [2.05, 4.69) is 14.3 Å². The van der Waals surface area contributed by atoms with Crippen molar-refractivity contribution < 1.29 is 9.53 Å². The number of amides is 1. The Morgan fingerprint density at radius 3 is 2.64 bits per heavy atom. The SMILES string of the molecule is Cc1nsc(N2CC[C@H]3CC[C@@H](C2)N3C(=O)OC(C)(C)C)n1. The minimum absolute atomic E-state index is 0.171. The van der Waals surface area contributed by atoms with Gasteiger partial charge in [0, 0.05) is 30.7 Å². The lowest BCUT2D eigenvalue weighted by Crippen LogP contribution is -2.45. The fraction of sp³-hybridized carbons (Fsp3) is 0.800. The third-order valence-corrected chi connectivity index (χ3v) is 5.04. The highest BCUT2D eigenvalue weighted by Gasteiger charge is 2.42. The van der Waals surface area contributed by atoms with Crippen LogP contribution in [0.1, 0.15) is 45.9 Å². The number of fused-ring (bicyclic) bond motifs is 2. The zero-order valence-electron chi connectivity index (χ0n) is 13.7. The number of ether oxygens (including phenoxy) is 1. The van der Waals surface area contributed by atoms with Gasteiger partial charge >= 0.3 is 6.09 Å². The maximum absolute atomic E-state index is 12.5. The van der Waals surface area contributed by atoms with Gasteiger partial charge in [0.25, 0.3) is 0 Å². The Morgan fingerprint density at radius 1 is 1.27 bits per heavy atom. The smallest absolute Gasteiger partial charge is 0.410 e. The maximum Gasteiger partial charge on any atom is 0.410 e. The molecular formula is C15H24N4O2S. The summed E-state index contributed by atoms with van der Waals surface area (Å²) >= 11 is 1.44. The highest BCUT2D eigenvalue weighted by atomic mass is 32.1. The minimum Gasteiger partial charge on any atom is -0.444 e. The molecule has 2 atom stereocenters. The second kappa shape index (κ2) is 5.68. The third kappa shape index (κ3) is 3.19. The van der Waals surface area contributed by atoms with Crippen LogP contribution < -0.4 is 4.90 Å². The highest BCUT2D eigenvalue weighted by Crippen LogP contribution is 2.33. The molecule has 2 fully saturated rings. The van der Waals surface area contributed by atoms with Gasteiger partial charge in [-0.25, -0.2) is 9.78 Å². The number of carbonyl (C=O) groups excluding carboxylic acids is 1. The molecule has 0 saturated carbocycles. The highest BCUT2D eigenvalue weighted by molar-refractivity contribution is 7.09. The van der Waals surface area contributed by atoms with E-state index in [9.17, 15) is 4.79 Å². The number of rotatable bonds is 1. The topological polar surface area (TPSA) is 58.6 Å². The number of nitrogens with zero attached hydrogens (tertiary/aromatic N) is 4. The fourth-order valence-electron chi connectivity index (χ4n) is 3.28. The summed E-state index contributed by atoms with van der Waals surface area (Å²) in [7, 11) is 0. The molecule has 2 bridgehead atoms. The molecule has 2 aliphatic heterocycles. The van der Waals surface area contributed by atoms with Gasteiger partial charge in [0.05, 0.1) is 6.04 Å². The average molecular weight is 324 g/mol. The number of carbonyl (C=O) groups is 1. The van der Waals surface area contributed by atoms with E-state index in [1.165, 1.54) is 11.5 Å². The molecule has 7 heteroatoms. The van der Waals surface area contributed by atoms with Crippen molar-refractivity contribution in [1.29, 1.82) is 0 Å². The van der Waals surface area contributed by atoms with Crippen molar-refractivity contribution in [3.05, 3.63) is 5.82 Å². The van der Waals surface area contributed by atoms with Crippen LogP contribution in [0.4, 0.5) is 9.93 Å². The summed E-state index contributed by atoms with van der Waals surface area (Å²) < 4.78 is 9.87. The van der Waals surface area contributed by atoms with Gasteiger partial charge in [-0.2, -0.15) is 4.37 Å². The van der Waals surface area contributed by atoms with E-state index in [0.29, 0.717) is 6.04 Å². The van der Waals surface area contributed by atoms with Crippen molar-refractivity contribution in [2.24, 2.45) is 0 Å². The molecule has 0 radical (unpaired) electrons. The molecule has 1 aromatic rings. The molecule has 3 heterocycles. The van der Waals surface area contributed by atoms with Crippen molar-refractivity contribution in [1.82, 2.24) is 14.3 Å². The van der Waals surface area contributed by atoms with Crippen molar-refractivity contribution in [3.63, 3.8) is 0 Å². The van der Waals surface area contributed by atoms with Crippen LogP contribution in [0.2, 0.25) is 0 Å². The van der Waals surface area contributed by atoms with Crippen molar-refractivity contribution >= 4 is 22.8 Å². The number of aromatic nitrogens is 2. The molecule has 3 rings (SSSR count). The standard InChI is InChI=1S/C15H24N4O2S/c1-10-16-13(22-17-10)18-8-7-11-5-6-12(9-18)19(11)14(20)21-15(2,3)4/h11-12H,5-9H2,1-4H3/t11-,12+/m1/s1. The Kier molecular flexibility index (Phi) is 4.01. The first-order chi connectivity index (χ1) is 10.3. The monoisotopic (exact) mass is 324 g/mol. The van der Waals surface area contributed by atoms with Gasteiger partial charge in [0.1, 0.15) is 11.4 Å². The first-order valence-electron chi connectivity index (χ1n) is 7.90. The number of anilines is 1. The molecule has 0 aliphatic carbocycles. The number of aryl methyl sites for hydroxylation is 1. The van der Waals surface area contributed by atoms with Crippen LogP contribution in [0, 0.1) is 6.92 Å². The molecule has 6 nitrogen and oxygen atoms in total. The van der Waals surface area contributed by atoms with Gasteiger partial charge in [0.2, 0.25) is 5.13 Å². The maximum atomic E-state index is 12.5. The summed E-state index contributed by atoms with van der Waals surface area (Å²) in [5, 5.41) is 0.967.